The average Bonchev–Trinajstić information content (AvgIpc) is 3.18. The van der Waals surface area contributed by atoms with E-state index in [0.717, 1.165) is 4.47 Å². The molecule has 0 aliphatic heterocycles. The molecule has 3 rings (SSSR count). The van der Waals surface area contributed by atoms with E-state index in [0.29, 0.717) is 23.0 Å². The van der Waals surface area contributed by atoms with Gasteiger partial charge in [-0.05, 0) is 52.3 Å². The maximum absolute atomic E-state index is 12.2. The fraction of sp³-hybridized carbons (Fsp3) is 0.0952. The number of hydrogen-bond donors (Lipinski definition) is 1. The number of nitrogens with zero attached hydrogens (tertiary/aromatic N) is 2. The van der Waals surface area contributed by atoms with E-state index in [1.807, 2.05) is 36.4 Å². The number of rotatable bonds is 7. The van der Waals surface area contributed by atoms with Gasteiger partial charge in [0, 0.05) is 12.3 Å². The van der Waals surface area contributed by atoms with Crippen LogP contribution in [0.4, 0.5) is 0 Å². The quantitative estimate of drug-likeness (QED) is 0.441. The Labute approximate surface area is 170 Å². The molecule has 0 saturated heterocycles. The molecule has 0 bridgehead atoms. The molecule has 2 heterocycles. The Morgan fingerprint density at radius 3 is 2.79 bits per heavy atom. The fourth-order valence-corrected chi connectivity index (χ4v) is 2.72. The third-order valence-electron chi connectivity index (χ3n) is 3.70. The summed E-state index contributed by atoms with van der Waals surface area (Å²) in [4.78, 5) is 16.3. The van der Waals surface area contributed by atoms with Crippen LogP contribution in [0.15, 0.2) is 75.3 Å². The summed E-state index contributed by atoms with van der Waals surface area (Å²) in [5.74, 6) is 1.18. The Morgan fingerprint density at radius 2 is 2.04 bits per heavy atom. The second-order valence-corrected chi connectivity index (χ2v) is 6.55. The third-order valence-corrected chi connectivity index (χ3v) is 4.35. The molecule has 0 fully saturated rings. The van der Waals surface area contributed by atoms with Crippen molar-refractivity contribution in [3.8, 4) is 11.8 Å². The Balaban J connectivity index is 1.60. The largest absolute Gasteiger partial charge is 0.484 e. The number of nitrogens with one attached hydrogen (secondary N) is 1. The number of carbonyl (C=O) groups is 1. The van der Waals surface area contributed by atoms with Gasteiger partial charge in [0.2, 0.25) is 0 Å². The highest BCUT2D eigenvalue weighted by Gasteiger charge is 2.11. The normalized spacial score (nSPS) is 10.9. The van der Waals surface area contributed by atoms with Crippen LogP contribution in [0.1, 0.15) is 17.2 Å². The van der Waals surface area contributed by atoms with Crippen molar-refractivity contribution in [1.82, 2.24) is 10.3 Å². The van der Waals surface area contributed by atoms with Gasteiger partial charge in [-0.2, -0.15) is 5.26 Å². The number of carbonyl (C=O) groups excluding carboxylic acids is 1. The van der Waals surface area contributed by atoms with Gasteiger partial charge in [-0.15, -0.1) is 0 Å². The first-order valence-corrected chi connectivity index (χ1v) is 9.21. The second-order valence-electron chi connectivity index (χ2n) is 5.70. The Kier molecular flexibility index (Phi) is 6.60. The zero-order valence-electron chi connectivity index (χ0n) is 14.8. The summed E-state index contributed by atoms with van der Waals surface area (Å²) in [5.41, 5.74) is 0.654. The summed E-state index contributed by atoms with van der Waals surface area (Å²) in [6.07, 6.45) is 3.04. The highest BCUT2D eigenvalue weighted by atomic mass is 79.9. The van der Waals surface area contributed by atoms with Crippen molar-refractivity contribution >= 4 is 27.9 Å². The van der Waals surface area contributed by atoms with E-state index in [2.05, 4.69) is 26.2 Å². The van der Waals surface area contributed by atoms with Gasteiger partial charge in [0.15, 0.2) is 0 Å². The highest BCUT2D eigenvalue weighted by molar-refractivity contribution is 9.10. The van der Waals surface area contributed by atoms with E-state index in [1.165, 1.54) is 6.08 Å². The van der Waals surface area contributed by atoms with Gasteiger partial charge in [-0.25, -0.2) is 0 Å². The Bertz CT molecular complexity index is 1020. The van der Waals surface area contributed by atoms with Crippen LogP contribution in [0.3, 0.4) is 0 Å². The van der Waals surface area contributed by atoms with Crippen LogP contribution < -0.4 is 10.1 Å². The van der Waals surface area contributed by atoms with Crippen molar-refractivity contribution in [2.45, 2.75) is 13.2 Å². The molecular weight excluding hydrogens is 422 g/mol. The number of hydrogen-bond acceptors (Lipinski definition) is 5. The molecule has 1 aromatic carbocycles. The van der Waals surface area contributed by atoms with Gasteiger partial charge in [0.05, 0.1) is 16.7 Å². The number of halogens is 1. The molecule has 0 radical (unpaired) electrons. The van der Waals surface area contributed by atoms with Crippen molar-refractivity contribution < 1.29 is 13.9 Å². The number of aromatic nitrogens is 1. The lowest BCUT2D eigenvalue weighted by molar-refractivity contribution is -0.117. The van der Waals surface area contributed by atoms with Gasteiger partial charge in [0.1, 0.15) is 35.5 Å². The molecule has 0 unspecified atom stereocenters. The van der Waals surface area contributed by atoms with Crippen LogP contribution in [-0.4, -0.2) is 10.9 Å². The molecule has 0 spiro atoms. The van der Waals surface area contributed by atoms with E-state index in [-0.39, 0.29) is 18.7 Å². The van der Waals surface area contributed by atoms with E-state index in [1.54, 1.807) is 30.5 Å². The van der Waals surface area contributed by atoms with E-state index in [4.69, 9.17) is 9.15 Å². The molecule has 3 aromatic rings. The first-order chi connectivity index (χ1) is 13.7. The zero-order chi connectivity index (χ0) is 19.8. The predicted octanol–water partition coefficient (Wildman–Crippen LogP) is 4.24. The summed E-state index contributed by atoms with van der Waals surface area (Å²) in [5, 5.41) is 11.9. The zero-order valence-corrected chi connectivity index (χ0v) is 16.3. The van der Waals surface area contributed by atoms with Gasteiger partial charge in [0.25, 0.3) is 5.91 Å². The SMILES string of the molecule is N#C/C(=C\c1ccc(COc2ccccc2Br)o1)C(=O)NCc1ccccn1. The molecule has 6 nitrogen and oxygen atoms in total. The van der Waals surface area contributed by atoms with Crippen LogP contribution in [-0.2, 0) is 17.9 Å². The molecule has 2 aromatic heterocycles. The monoisotopic (exact) mass is 437 g/mol. The fourth-order valence-electron chi connectivity index (χ4n) is 2.32. The van der Waals surface area contributed by atoms with Crippen molar-refractivity contribution in [2.24, 2.45) is 0 Å². The number of amides is 1. The predicted molar refractivity (Wildman–Crippen MR) is 107 cm³/mol. The van der Waals surface area contributed by atoms with Crippen LogP contribution >= 0.6 is 15.9 Å². The van der Waals surface area contributed by atoms with E-state index >= 15 is 0 Å². The summed E-state index contributed by atoms with van der Waals surface area (Å²) in [6, 6.07) is 18.2. The first-order valence-electron chi connectivity index (χ1n) is 8.41. The van der Waals surface area contributed by atoms with Gasteiger partial charge < -0.3 is 14.5 Å². The number of furan rings is 1. The van der Waals surface area contributed by atoms with E-state index in [9.17, 15) is 10.1 Å². The van der Waals surface area contributed by atoms with Gasteiger partial charge in [-0.1, -0.05) is 18.2 Å². The molecule has 140 valence electrons. The van der Waals surface area contributed by atoms with Crippen LogP contribution in [0, 0.1) is 11.3 Å². The maximum Gasteiger partial charge on any atom is 0.262 e. The molecule has 0 saturated carbocycles. The standard InChI is InChI=1S/C21H16BrN3O3/c22-19-6-1-2-7-20(19)27-14-18-9-8-17(28-18)11-15(12-23)21(26)25-13-16-5-3-4-10-24-16/h1-11H,13-14H2,(H,25,26)/b15-11+. The minimum absolute atomic E-state index is 0.0523. The third kappa shape index (κ3) is 5.32. The smallest absolute Gasteiger partial charge is 0.262 e. The number of para-hydroxylation sites is 1. The van der Waals surface area contributed by atoms with Crippen LogP contribution in [0.25, 0.3) is 6.08 Å². The molecule has 7 heteroatoms. The lowest BCUT2D eigenvalue weighted by Crippen LogP contribution is -2.24. The van der Waals surface area contributed by atoms with Gasteiger partial charge in [-0.3, -0.25) is 9.78 Å². The Morgan fingerprint density at radius 1 is 1.21 bits per heavy atom. The number of pyridine rings is 1. The van der Waals surface area contributed by atoms with Crippen LogP contribution in [0.5, 0.6) is 5.75 Å². The maximum atomic E-state index is 12.2. The number of nitriles is 1. The summed E-state index contributed by atoms with van der Waals surface area (Å²) in [6.45, 7) is 0.464. The summed E-state index contributed by atoms with van der Waals surface area (Å²) in [7, 11) is 0. The lowest BCUT2D eigenvalue weighted by atomic mass is 10.2. The summed E-state index contributed by atoms with van der Waals surface area (Å²) >= 11 is 3.41. The van der Waals surface area contributed by atoms with Crippen LogP contribution in [0.2, 0.25) is 0 Å². The molecule has 0 aliphatic rings. The van der Waals surface area contributed by atoms with Crippen molar-refractivity contribution in [1.29, 1.82) is 5.26 Å². The minimum Gasteiger partial charge on any atom is -0.484 e. The molecule has 0 aliphatic carbocycles. The lowest BCUT2D eigenvalue weighted by Gasteiger charge is -2.05. The summed E-state index contributed by atoms with van der Waals surface area (Å²) < 4.78 is 12.2. The second kappa shape index (κ2) is 9.53. The van der Waals surface area contributed by atoms with E-state index < -0.39 is 5.91 Å². The average molecular weight is 438 g/mol. The number of benzene rings is 1. The Hall–Kier alpha value is -3.37. The highest BCUT2D eigenvalue weighted by Crippen LogP contribution is 2.25. The molecule has 1 amide bonds. The topological polar surface area (TPSA) is 88.1 Å². The molecular formula is C21H16BrN3O3. The van der Waals surface area contributed by atoms with Crippen molar-refractivity contribution in [2.75, 3.05) is 0 Å². The minimum atomic E-state index is -0.490. The molecule has 0 atom stereocenters. The van der Waals surface area contributed by atoms with Crippen molar-refractivity contribution in [3.05, 3.63) is 88.1 Å². The molecule has 28 heavy (non-hydrogen) atoms. The van der Waals surface area contributed by atoms with Crippen molar-refractivity contribution in [3.63, 3.8) is 0 Å². The number of ether oxygens (including phenoxy) is 1. The molecule has 1 N–H and O–H groups in total. The first kappa shape index (κ1) is 19.4. The van der Waals surface area contributed by atoms with Gasteiger partial charge >= 0.3 is 0 Å².